The highest BCUT2D eigenvalue weighted by molar-refractivity contribution is 7.89. The summed E-state index contributed by atoms with van der Waals surface area (Å²) in [4.78, 5) is 12.4. The molecule has 0 unspecified atom stereocenters. The lowest BCUT2D eigenvalue weighted by molar-refractivity contribution is 0.0873. The van der Waals surface area contributed by atoms with E-state index in [1.54, 1.807) is 0 Å². The zero-order valence-corrected chi connectivity index (χ0v) is 15.2. The SMILES string of the molecule is Cc1oc(C(=O)NC2(CN)CCCC2)cc1S(=O)(=O)N(C)C.Cl. The number of amides is 1. The van der Waals surface area contributed by atoms with Crippen molar-refractivity contribution in [1.29, 1.82) is 0 Å². The summed E-state index contributed by atoms with van der Waals surface area (Å²) in [6.45, 7) is 1.89. The van der Waals surface area contributed by atoms with Gasteiger partial charge in [0.1, 0.15) is 10.7 Å². The number of nitrogens with one attached hydrogen (secondary N) is 1. The van der Waals surface area contributed by atoms with E-state index in [0.29, 0.717) is 6.54 Å². The molecule has 0 aromatic carbocycles. The molecule has 9 heteroatoms. The third-order valence-corrected chi connectivity index (χ3v) is 6.11. The van der Waals surface area contributed by atoms with Crippen LogP contribution in [0.2, 0.25) is 0 Å². The first kappa shape index (κ1) is 20.0. The van der Waals surface area contributed by atoms with Crippen molar-refractivity contribution in [2.24, 2.45) is 5.73 Å². The van der Waals surface area contributed by atoms with Crippen LogP contribution < -0.4 is 11.1 Å². The molecule has 1 aromatic heterocycles. The van der Waals surface area contributed by atoms with Crippen molar-refractivity contribution in [2.45, 2.75) is 43.0 Å². The maximum atomic E-state index is 12.4. The van der Waals surface area contributed by atoms with Crippen molar-refractivity contribution in [2.75, 3.05) is 20.6 Å². The maximum absolute atomic E-state index is 12.4. The Labute approximate surface area is 143 Å². The van der Waals surface area contributed by atoms with Crippen LogP contribution in [0.15, 0.2) is 15.4 Å². The van der Waals surface area contributed by atoms with Crippen molar-refractivity contribution < 1.29 is 17.6 Å². The molecule has 0 radical (unpaired) electrons. The Balaban J connectivity index is 0.00000264. The number of nitrogens with zero attached hydrogens (tertiary/aromatic N) is 1. The Hall–Kier alpha value is -1.09. The van der Waals surface area contributed by atoms with Gasteiger partial charge in [0, 0.05) is 26.7 Å². The van der Waals surface area contributed by atoms with E-state index in [9.17, 15) is 13.2 Å². The lowest BCUT2D eigenvalue weighted by atomic mass is 9.98. The number of halogens is 1. The average Bonchev–Trinajstić information content (AvgIpc) is 3.06. The van der Waals surface area contributed by atoms with Gasteiger partial charge in [-0.15, -0.1) is 12.4 Å². The monoisotopic (exact) mass is 365 g/mol. The van der Waals surface area contributed by atoms with Gasteiger partial charge in [0.25, 0.3) is 5.91 Å². The molecule has 1 fully saturated rings. The first-order valence-corrected chi connectivity index (χ1v) is 8.71. The van der Waals surface area contributed by atoms with Crippen LogP contribution in [0.25, 0.3) is 0 Å². The molecule has 0 atom stereocenters. The molecular formula is C14H24ClN3O4S. The second-order valence-electron chi connectivity index (χ2n) is 5.96. The molecule has 7 nitrogen and oxygen atoms in total. The lowest BCUT2D eigenvalue weighted by Crippen LogP contribution is -2.51. The smallest absolute Gasteiger partial charge is 0.287 e. The first-order valence-electron chi connectivity index (χ1n) is 7.27. The molecular weight excluding hydrogens is 342 g/mol. The highest BCUT2D eigenvalue weighted by atomic mass is 35.5. The van der Waals surface area contributed by atoms with E-state index in [0.717, 1.165) is 30.0 Å². The largest absolute Gasteiger partial charge is 0.455 e. The van der Waals surface area contributed by atoms with E-state index in [1.165, 1.54) is 27.1 Å². The standard InChI is InChI=1S/C14H23N3O4S.ClH/c1-10-12(22(19,20)17(2)3)8-11(21-10)13(18)16-14(9-15)6-4-5-7-14;/h8H,4-7,9,15H2,1-3H3,(H,16,18);1H. The number of nitrogens with two attached hydrogens (primary N) is 1. The van der Waals surface area contributed by atoms with Gasteiger partial charge < -0.3 is 15.5 Å². The van der Waals surface area contributed by atoms with Crippen LogP contribution in [-0.2, 0) is 10.0 Å². The van der Waals surface area contributed by atoms with Crippen molar-refractivity contribution in [3.05, 3.63) is 17.6 Å². The minimum atomic E-state index is -3.63. The molecule has 0 aliphatic heterocycles. The summed E-state index contributed by atoms with van der Waals surface area (Å²) in [6, 6.07) is 1.28. The topological polar surface area (TPSA) is 106 Å². The second-order valence-corrected chi connectivity index (χ2v) is 8.08. The number of rotatable bonds is 5. The Kier molecular flexibility index (Phi) is 6.25. The van der Waals surface area contributed by atoms with E-state index in [4.69, 9.17) is 10.2 Å². The van der Waals surface area contributed by atoms with Crippen LogP contribution in [0.4, 0.5) is 0 Å². The van der Waals surface area contributed by atoms with Crippen LogP contribution in [0.1, 0.15) is 42.0 Å². The molecule has 0 bridgehead atoms. The zero-order valence-electron chi connectivity index (χ0n) is 13.6. The van der Waals surface area contributed by atoms with Gasteiger partial charge in [0.05, 0.1) is 5.54 Å². The molecule has 1 aliphatic rings. The second kappa shape index (κ2) is 7.21. The van der Waals surface area contributed by atoms with E-state index in [-0.39, 0.29) is 28.8 Å². The summed E-state index contributed by atoms with van der Waals surface area (Å²) in [6.07, 6.45) is 3.71. The number of carbonyl (C=O) groups is 1. The van der Waals surface area contributed by atoms with Gasteiger partial charge in [-0.2, -0.15) is 0 Å². The number of carbonyl (C=O) groups excluding carboxylic acids is 1. The fourth-order valence-electron chi connectivity index (χ4n) is 2.76. The van der Waals surface area contributed by atoms with Crippen LogP contribution in [0, 0.1) is 6.92 Å². The normalized spacial score (nSPS) is 17.1. The molecule has 23 heavy (non-hydrogen) atoms. The van der Waals surface area contributed by atoms with Crippen LogP contribution in [-0.4, -0.2) is 44.8 Å². The summed E-state index contributed by atoms with van der Waals surface area (Å²) in [5, 5.41) is 2.91. The molecule has 1 aliphatic carbocycles. The number of hydrogen-bond acceptors (Lipinski definition) is 5. The lowest BCUT2D eigenvalue weighted by Gasteiger charge is -2.28. The molecule has 3 N–H and O–H groups in total. The van der Waals surface area contributed by atoms with Gasteiger partial charge in [-0.25, -0.2) is 12.7 Å². The number of hydrogen-bond donors (Lipinski definition) is 2. The van der Waals surface area contributed by atoms with Gasteiger partial charge >= 0.3 is 0 Å². The fourth-order valence-corrected chi connectivity index (χ4v) is 3.82. The van der Waals surface area contributed by atoms with Crippen LogP contribution >= 0.6 is 12.4 Å². The van der Waals surface area contributed by atoms with Gasteiger partial charge in [-0.05, 0) is 19.8 Å². The molecule has 0 saturated heterocycles. The van der Waals surface area contributed by atoms with Gasteiger partial charge in [-0.3, -0.25) is 4.79 Å². The Morgan fingerprint density at radius 1 is 1.39 bits per heavy atom. The van der Waals surface area contributed by atoms with Crippen LogP contribution in [0.5, 0.6) is 0 Å². The van der Waals surface area contributed by atoms with Gasteiger partial charge in [0.2, 0.25) is 10.0 Å². The first-order chi connectivity index (χ1) is 10.2. The maximum Gasteiger partial charge on any atom is 0.287 e. The van der Waals surface area contributed by atoms with E-state index >= 15 is 0 Å². The molecule has 1 heterocycles. The number of furan rings is 1. The Morgan fingerprint density at radius 3 is 2.43 bits per heavy atom. The fraction of sp³-hybridized carbons (Fsp3) is 0.643. The minimum Gasteiger partial charge on any atom is -0.455 e. The molecule has 0 spiro atoms. The highest BCUT2D eigenvalue weighted by Crippen LogP contribution is 2.29. The van der Waals surface area contributed by atoms with Crippen molar-refractivity contribution in [3.8, 4) is 0 Å². The Morgan fingerprint density at radius 2 is 1.96 bits per heavy atom. The van der Waals surface area contributed by atoms with Gasteiger partial charge in [0.15, 0.2) is 5.76 Å². The molecule has 1 saturated carbocycles. The summed E-state index contributed by atoms with van der Waals surface area (Å²) in [5.74, 6) is -0.222. The van der Waals surface area contributed by atoms with Crippen molar-refractivity contribution in [3.63, 3.8) is 0 Å². The predicted molar refractivity (Wildman–Crippen MR) is 89.3 cm³/mol. The zero-order chi connectivity index (χ0) is 16.5. The quantitative estimate of drug-likeness (QED) is 0.817. The van der Waals surface area contributed by atoms with Gasteiger partial charge in [-0.1, -0.05) is 12.8 Å². The molecule has 1 amide bonds. The average molecular weight is 366 g/mol. The molecule has 132 valence electrons. The highest BCUT2D eigenvalue weighted by Gasteiger charge is 2.35. The van der Waals surface area contributed by atoms with Crippen molar-refractivity contribution >= 4 is 28.3 Å². The molecule has 2 rings (SSSR count). The summed E-state index contributed by atoms with van der Waals surface area (Å²) in [5.41, 5.74) is 5.39. The minimum absolute atomic E-state index is 0. The summed E-state index contributed by atoms with van der Waals surface area (Å²) in [7, 11) is -0.765. The van der Waals surface area contributed by atoms with Crippen molar-refractivity contribution in [1.82, 2.24) is 9.62 Å². The summed E-state index contributed by atoms with van der Waals surface area (Å²) < 4.78 is 30.8. The third kappa shape index (κ3) is 3.88. The predicted octanol–water partition coefficient (Wildman–Crippen LogP) is 1.26. The summed E-state index contributed by atoms with van der Waals surface area (Å²) >= 11 is 0. The molecule has 1 aromatic rings. The van der Waals surface area contributed by atoms with E-state index < -0.39 is 21.5 Å². The number of sulfonamides is 1. The van der Waals surface area contributed by atoms with E-state index in [2.05, 4.69) is 5.32 Å². The van der Waals surface area contributed by atoms with Crippen LogP contribution in [0.3, 0.4) is 0 Å². The Bertz CT molecular complexity index is 664. The third-order valence-electron chi connectivity index (χ3n) is 4.18. The number of aryl methyl sites for hydroxylation is 1. The van der Waals surface area contributed by atoms with E-state index in [1.807, 2.05) is 0 Å².